The maximum absolute atomic E-state index is 12.0. The number of ether oxygens (including phenoxy) is 1. The van der Waals surface area contributed by atoms with Crippen molar-refractivity contribution >= 4 is 0 Å². The second-order valence-electron chi connectivity index (χ2n) is 5.37. The molecule has 1 aromatic rings. The summed E-state index contributed by atoms with van der Waals surface area (Å²) < 4.78 is 28.3. The first-order valence-corrected chi connectivity index (χ1v) is 6.26. The highest BCUT2D eigenvalue weighted by Crippen LogP contribution is 2.39. The van der Waals surface area contributed by atoms with E-state index in [2.05, 4.69) is 23.9 Å². The van der Waals surface area contributed by atoms with Crippen LogP contribution in [0.3, 0.4) is 0 Å². The highest BCUT2D eigenvalue weighted by Gasteiger charge is 2.36. The Bertz CT molecular complexity index is 385. The third kappa shape index (κ3) is 3.67. The minimum absolute atomic E-state index is 0.151. The van der Waals surface area contributed by atoms with Crippen molar-refractivity contribution in [1.82, 2.24) is 5.32 Å². The molecule has 1 saturated carbocycles. The van der Waals surface area contributed by atoms with Crippen LogP contribution in [0.25, 0.3) is 0 Å². The van der Waals surface area contributed by atoms with Gasteiger partial charge < -0.3 is 10.1 Å². The molecule has 1 fully saturated rings. The molecule has 0 spiro atoms. The Morgan fingerprint density at radius 1 is 1.28 bits per heavy atom. The monoisotopic (exact) mass is 255 g/mol. The van der Waals surface area contributed by atoms with E-state index in [4.69, 9.17) is 0 Å². The van der Waals surface area contributed by atoms with Gasteiger partial charge in [0.05, 0.1) is 0 Å². The quantitative estimate of drug-likeness (QED) is 0.839. The molecule has 18 heavy (non-hydrogen) atoms. The molecule has 0 unspecified atom stereocenters. The normalized spacial score (nSPS) is 16.1. The number of benzene rings is 1. The van der Waals surface area contributed by atoms with Gasteiger partial charge in [-0.3, -0.25) is 0 Å². The van der Waals surface area contributed by atoms with Gasteiger partial charge in [0.1, 0.15) is 5.75 Å². The molecule has 4 heteroatoms. The first-order valence-electron chi connectivity index (χ1n) is 6.26. The molecule has 0 bridgehead atoms. The summed E-state index contributed by atoms with van der Waals surface area (Å²) in [7, 11) is 0. The van der Waals surface area contributed by atoms with Crippen LogP contribution in [-0.2, 0) is 6.54 Å². The lowest BCUT2D eigenvalue weighted by molar-refractivity contribution is -0.0498. The molecular formula is C14H19F2NO. The molecule has 0 aromatic heterocycles. The Morgan fingerprint density at radius 3 is 2.39 bits per heavy atom. The predicted molar refractivity (Wildman–Crippen MR) is 66.7 cm³/mol. The lowest BCUT2D eigenvalue weighted by Gasteiger charge is -2.26. The van der Waals surface area contributed by atoms with Crippen molar-refractivity contribution in [3.63, 3.8) is 0 Å². The SMILES string of the molecule is CC(C)(NCc1ccc(OC(F)F)cc1)C1CC1. The van der Waals surface area contributed by atoms with E-state index in [-0.39, 0.29) is 11.3 Å². The van der Waals surface area contributed by atoms with Crippen LogP contribution in [0.5, 0.6) is 5.75 Å². The Morgan fingerprint density at radius 2 is 1.89 bits per heavy atom. The molecule has 1 N–H and O–H groups in total. The number of nitrogens with one attached hydrogen (secondary N) is 1. The topological polar surface area (TPSA) is 21.3 Å². The highest BCUT2D eigenvalue weighted by atomic mass is 19.3. The predicted octanol–water partition coefficient (Wildman–Crippen LogP) is 3.57. The molecule has 0 amide bonds. The third-order valence-corrected chi connectivity index (χ3v) is 3.49. The van der Waals surface area contributed by atoms with E-state index >= 15 is 0 Å². The number of halogens is 2. The first kappa shape index (κ1) is 13.3. The van der Waals surface area contributed by atoms with Gasteiger partial charge in [-0.15, -0.1) is 0 Å². The molecule has 0 atom stereocenters. The van der Waals surface area contributed by atoms with Gasteiger partial charge in [0, 0.05) is 12.1 Å². The molecule has 0 aliphatic heterocycles. The van der Waals surface area contributed by atoms with Gasteiger partial charge in [-0.25, -0.2) is 0 Å². The smallest absolute Gasteiger partial charge is 0.387 e. The van der Waals surface area contributed by atoms with Gasteiger partial charge in [0.25, 0.3) is 0 Å². The largest absolute Gasteiger partial charge is 0.435 e. The molecule has 2 rings (SSSR count). The minimum Gasteiger partial charge on any atom is -0.435 e. The van der Waals surface area contributed by atoms with Gasteiger partial charge in [0.15, 0.2) is 0 Å². The Balaban J connectivity index is 1.86. The average Bonchev–Trinajstić information content (AvgIpc) is 3.11. The van der Waals surface area contributed by atoms with Gasteiger partial charge in [-0.05, 0) is 50.3 Å². The Kier molecular flexibility index (Phi) is 3.85. The van der Waals surface area contributed by atoms with Crippen molar-refractivity contribution in [3.05, 3.63) is 29.8 Å². The number of hydrogen-bond donors (Lipinski definition) is 1. The second-order valence-corrected chi connectivity index (χ2v) is 5.37. The van der Waals surface area contributed by atoms with Gasteiger partial charge in [-0.2, -0.15) is 8.78 Å². The molecule has 100 valence electrons. The highest BCUT2D eigenvalue weighted by molar-refractivity contribution is 5.27. The van der Waals surface area contributed by atoms with Crippen molar-refractivity contribution in [3.8, 4) is 5.75 Å². The molecule has 1 aliphatic rings. The summed E-state index contributed by atoms with van der Waals surface area (Å²) in [6.07, 6.45) is 2.59. The summed E-state index contributed by atoms with van der Waals surface area (Å²) >= 11 is 0. The number of rotatable bonds is 6. The third-order valence-electron chi connectivity index (χ3n) is 3.49. The van der Waals surface area contributed by atoms with Gasteiger partial charge >= 0.3 is 6.61 Å². The van der Waals surface area contributed by atoms with Gasteiger partial charge in [0.2, 0.25) is 0 Å². The summed E-state index contributed by atoms with van der Waals surface area (Å²) in [5.41, 5.74) is 1.23. The van der Waals surface area contributed by atoms with Crippen molar-refractivity contribution < 1.29 is 13.5 Å². The molecule has 1 aliphatic carbocycles. The van der Waals surface area contributed by atoms with Crippen LogP contribution in [0.1, 0.15) is 32.3 Å². The summed E-state index contributed by atoms with van der Waals surface area (Å²) in [5.74, 6) is 0.967. The van der Waals surface area contributed by atoms with Crippen molar-refractivity contribution in [2.45, 2.75) is 45.4 Å². The van der Waals surface area contributed by atoms with E-state index in [1.54, 1.807) is 12.1 Å². The Hall–Kier alpha value is -1.16. The van der Waals surface area contributed by atoms with E-state index in [9.17, 15) is 8.78 Å². The summed E-state index contributed by atoms with van der Waals surface area (Å²) in [5, 5.41) is 3.51. The van der Waals surface area contributed by atoms with Crippen LogP contribution < -0.4 is 10.1 Å². The van der Waals surface area contributed by atoms with Crippen molar-refractivity contribution in [1.29, 1.82) is 0 Å². The van der Waals surface area contributed by atoms with E-state index in [1.807, 2.05) is 12.1 Å². The van der Waals surface area contributed by atoms with E-state index in [0.29, 0.717) is 0 Å². The van der Waals surface area contributed by atoms with Crippen molar-refractivity contribution in [2.75, 3.05) is 0 Å². The van der Waals surface area contributed by atoms with E-state index in [1.165, 1.54) is 12.8 Å². The zero-order chi connectivity index (χ0) is 13.2. The zero-order valence-electron chi connectivity index (χ0n) is 10.7. The summed E-state index contributed by atoms with van der Waals surface area (Å²) in [4.78, 5) is 0. The van der Waals surface area contributed by atoms with Crippen LogP contribution >= 0.6 is 0 Å². The van der Waals surface area contributed by atoms with Crippen LogP contribution in [0, 0.1) is 5.92 Å². The van der Waals surface area contributed by atoms with E-state index < -0.39 is 6.61 Å². The maximum Gasteiger partial charge on any atom is 0.387 e. The fourth-order valence-electron chi connectivity index (χ4n) is 2.07. The summed E-state index contributed by atoms with van der Waals surface area (Å²) in [6.45, 7) is 2.40. The molecule has 0 radical (unpaired) electrons. The number of alkyl halides is 2. The summed E-state index contributed by atoms with van der Waals surface area (Å²) in [6, 6.07) is 6.78. The number of hydrogen-bond acceptors (Lipinski definition) is 2. The van der Waals surface area contributed by atoms with Gasteiger partial charge in [-0.1, -0.05) is 12.1 Å². The second kappa shape index (κ2) is 5.22. The van der Waals surface area contributed by atoms with Crippen molar-refractivity contribution in [2.24, 2.45) is 5.92 Å². The average molecular weight is 255 g/mol. The minimum atomic E-state index is -2.76. The fourth-order valence-corrected chi connectivity index (χ4v) is 2.07. The lowest BCUT2D eigenvalue weighted by atomic mass is 9.98. The van der Waals surface area contributed by atoms with E-state index in [0.717, 1.165) is 18.0 Å². The maximum atomic E-state index is 12.0. The standard InChI is InChI=1S/C14H19F2NO/c1-14(2,11-5-6-11)17-9-10-3-7-12(8-4-10)18-13(15)16/h3-4,7-8,11,13,17H,5-6,9H2,1-2H3. The van der Waals surface area contributed by atoms with Crippen LogP contribution in [0.2, 0.25) is 0 Å². The first-order chi connectivity index (χ1) is 8.47. The molecule has 1 aromatic carbocycles. The Labute approximate surface area is 106 Å². The molecule has 0 saturated heterocycles. The molecule has 0 heterocycles. The molecule has 2 nitrogen and oxygen atoms in total. The van der Waals surface area contributed by atoms with Crippen LogP contribution in [-0.4, -0.2) is 12.2 Å². The lowest BCUT2D eigenvalue weighted by Crippen LogP contribution is -2.40. The fraction of sp³-hybridized carbons (Fsp3) is 0.571. The zero-order valence-corrected chi connectivity index (χ0v) is 10.7. The van der Waals surface area contributed by atoms with Crippen LogP contribution in [0.4, 0.5) is 8.78 Å². The van der Waals surface area contributed by atoms with Crippen LogP contribution in [0.15, 0.2) is 24.3 Å². The molecular weight excluding hydrogens is 236 g/mol.